The van der Waals surface area contributed by atoms with Gasteiger partial charge in [-0.2, -0.15) is 0 Å². The standard InChI is InChI=1S/C22H21NO2/c24-22(23-17-7-10-18-8-3-1-4-9-18)19-13-15-21(16-14-19)25-20-11-5-2-6-12-20/h1-6,8-9,11-16H,7,10,17H2,(H,23,24). The van der Waals surface area contributed by atoms with Gasteiger partial charge >= 0.3 is 0 Å². The summed E-state index contributed by atoms with van der Waals surface area (Å²) in [5.41, 5.74) is 1.93. The van der Waals surface area contributed by atoms with Gasteiger partial charge in [0.05, 0.1) is 0 Å². The number of rotatable bonds is 7. The van der Waals surface area contributed by atoms with E-state index in [0.717, 1.165) is 18.6 Å². The van der Waals surface area contributed by atoms with Crippen LogP contribution in [0.4, 0.5) is 0 Å². The highest BCUT2D eigenvalue weighted by Gasteiger charge is 2.05. The third-order valence-electron chi connectivity index (χ3n) is 3.87. The molecule has 1 amide bonds. The number of carbonyl (C=O) groups is 1. The largest absolute Gasteiger partial charge is 0.457 e. The lowest BCUT2D eigenvalue weighted by Crippen LogP contribution is -2.24. The smallest absolute Gasteiger partial charge is 0.251 e. The van der Waals surface area contributed by atoms with Gasteiger partial charge in [0.25, 0.3) is 5.91 Å². The normalized spacial score (nSPS) is 10.2. The summed E-state index contributed by atoms with van der Waals surface area (Å²) >= 11 is 0. The number of nitrogens with one attached hydrogen (secondary N) is 1. The van der Waals surface area contributed by atoms with Crippen LogP contribution in [0.3, 0.4) is 0 Å². The third kappa shape index (κ3) is 5.21. The van der Waals surface area contributed by atoms with Gasteiger partial charge in [0.2, 0.25) is 0 Å². The molecule has 0 heterocycles. The van der Waals surface area contributed by atoms with E-state index < -0.39 is 0 Å². The number of hydrogen-bond donors (Lipinski definition) is 1. The molecule has 126 valence electrons. The van der Waals surface area contributed by atoms with Crippen LogP contribution in [0.5, 0.6) is 11.5 Å². The number of benzene rings is 3. The summed E-state index contributed by atoms with van der Waals surface area (Å²) in [7, 11) is 0. The molecule has 1 N–H and O–H groups in total. The summed E-state index contributed by atoms with van der Waals surface area (Å²) in [5, 5.41) is 2.96. The Hall–Kier alpha value is -3.07. The lowest BCUT2D eigenvalue weighted by atomic mass is 10.1. The molecule has 25 heavy (non-hydrogen) atoms. The van der Waals surface area contributed by atoms with Gasteiger partial charge in [0.1, 0.15) is 11.5 Å². The third-order valence-corrected chi connectivity index (χ3v) is 3.87. The quantitative estimate of drug-likeness (QED) is 0.629. The molecule has 0 spiro atoms. The maximum absolute atomic E-state index is 12.2. The van der Waals surface area contributed by atoms with Crippen LogP contribution >= 0.6 is 0 Å². The van der Waals surface area contributed by atoms with Crippen LogP contribution in [0, 0.1) is 0 Å². The second-order valence-electron chi connectivity index (χ2n) is 5.78. The predicted octanol–water partition coefficient (Wildman–Crippen LogP) is 4.84. The van der Waals surface area contributed by atoms with E-state index in [1.54, 1.807) is 12.1 Å². The first-order valence-electron chi connectivity index (χ1n) is 8.46. The Balaban J connectivity index is 1.46. The van der Waals surface area contributed by atoms with Crippen LogP contribution in [0.25, 0.3) is 0 Å². The van der Waals surface area contributed by atoms with Crippen molar-refractivity contribution in [3.8, 4) is 11.5 Å². The Morgan fingerprint density at radius 2 is 1.36 bits per heavy atom. The first-order chi connectivity index (χ1) is 12.3. The van der Waals surface area contributed by atoms with E-state index in [9.17, 15) is 4.79 Å². The molecule has 0 saturated carbocycles. The summed E-state index contributed by atoms with van der Waals surface area (Å²) in [6.45, 7) is 0.663. The number of hydrogen-bond acceptors (Lipinski definition) is 2. The van der Waals surface area contributed by atoms with Crippen LogP contribution in [-0.4, -0.2) is 12.5 Å². The second kappa shape index (κ2) is 8.69. The van der Waals surface area contributed by atoms with E-state index in [1.165, 1.54) is 5.56 Å². The Bertz CT molecular complexity index is 783. The molecule has 3 nitrogen and oxygen atoms in total. The highest BCUT2D eigenvalue weighted by molar-refractivity contribution is 5.94. The molecule has 0 bridgehead atoms. The molecule has 0 fully saturated rings. The van der Waals surface area contributed by atoms with Gasteiger partial charge in [-0.25, -0.2) is 0 Å². The summed E-state index contributed by atoms with van der Waals surface area (Å²) in [6, 6.07) is 27.1. The molecule has 0 radical (unpaired) electrons. The minimum atomic E-state index is -0.0562. The van der Waals surface area contributed by atoms with Crippen molar-refractivity contribution in [2.24, 2.45) is 0 Å². The molecular weight excluding hydrogens is 310 g/mol. The summed E-state index contributed by atoms with van der Waals surface area (Å²) in [4.78, 5) is 12.2. The van der Waals surface area contributed by atoms with Crippen LogP contribution < -0.4 is 10.1 Å². The number of aryl methyl sites for hydroxylation is 1. The van der Waals surface area contributed by atoms with Gasteiger partial charge in [0.15, 0.2) is 0 Å². The van der Waals surface area contributed by atoms with E-state index in [0.29, 0.717) is 17.9 Å². The van der Waals surface area contributed by atoms with Gasteiger partial charge in [-0.05, 0) is 54.8 Å². The van der Waals surface area contributed by atoms with Crippen molar-refractivity contribution in [3.05, 3.63) is 96.1 Å². The van der Waals surface area contributed by atoms with E-state index in [1.807, 2.05) is 60.7 Å². The van der Waals surface area contributed by atoms with Crippen molar-refractivity contribution in [2.45, 2.75) is 12.8 Å². The van der Waals surface area contributed by atoms with Gasteiger partial charge in [-0.15, -0.1) is 0 Å². The maximum atomic E-state index is 12.2. The average molecular weight is 331 g/mol. The monoisotopic (exact) mass is 331 g/mol. The van der Waals surface area contributed by atoms with Crippen molar-refractivity contribution < 1.29 is 9.53 Å². The van der Waals surface area contributed by atoms with E-state index in [4.69, 9.17) is 4.74 Å². The second-order valence-corrected chi connectivity index (χ2v) is 5.78. The first kappa shape index (κ1) is 16.8. The zero-order valence-electron chi connectivity index (χ0n) is 14.0. The molecule has 0 aliphatic carbocycles. The summed E-state index contributed by atoms with van der Waals surface area (Å²) in [5.74, 6) is 1.44. The lowest BCUT2D eigenvalue weighted by molar-refractivity contribution is 0.0953. The number of ether oxygens (including phenoxy) is 1. The highest BCUT2D eigenvalue weighted by atomic mass is 16.5. The molecule has 3 aromatic carbocycles. The SMILES string of the molecule is O=C(NCCCc1ccccc1)c1ccc(Oc2ccccc2)cc1. The van der Waals surface area contributed by atoms with Gasteiger partial charge < -0.3 is 10.1 Å². The lowest BCUT2D eigenvalue weighted by Gasteiger charge is -2.08. The van der Waals surface area contributed by atoms with E-state index in [2.05, 4.69) is 17.4 Å². The number of para-hydroxylation sites is 1. The van der Waals surface area contributed by atoms with Crippen molar-refractivity contribution in [1.29, 1.82) is 0 Å². The number of carbonyl (C=O) groups excluding carboxylic acids is 1. The fourth-order valence-electron chi connectivity index (χ4n) is 2.54. The topological polar surface area (TPSA) is 38.3 Å². The zero-order valence-corrected chi connectivity index (χ0v) is 14.0. The Labute approximate surface area is 148 Å². The summed E-state index contributed by atoms with van der Waals surface area (Å²) in [6.07, 6.45) is 1.88. The Morgan fingerprint density at radius 3 is 2.04 bits per heavy atom. The Kier molecular flexibility index (Phi) is 5.83. The fraction of sp³-hybridized carbons (Fsp3) is 0.136. The predicted molar refractivity (Wildman–Crippen MR) is 100 cm³/mol. The van der Waals surface area contributed by atoms with Crippen LogP contribution in [0.1, 0.15) is 22.3 Å². The van der Waals surface area contributed by atoms with Crippen molar-refractivity contribution in [2.75, 3.05) is 6.54 Å². The minimum Gasteiger partial charge on any atom is -0.457 e. The van der Waals surface area contributed by atoms with Gasteiger partial charge in [-0.3, -0.25) is 4.79 Å². The van der Waals surface area contributed by atoms with Crippen LogP contribution in [0.2, 0.25) is 0 Å². The molecule has 0 unspecified atom stereocenters. The van der Waals surface area contributed by atoms with Gasteiger partial charge in [0, 0.05) is 12.1 Å². The molecule has 0 aromatic heterocycles. The van der Waals surface area contributed by atoms with Gasteiger partial charge in [-0.1, -0.05) is 48.5 Å². The van der Waals surface area contributed by atoms with Crippen molar-refractivity contribution in [1.82, 2.24) is 5.32 Å². The molecule has 0 aliphatic heterocycles. The molecule has 0 saturated heterocycles. The maximum Gasteiger partial charge on any atom is 0.251 e. The van der Waals surface area contributed by atoms with Crippen molar-refractivity contribution >= 4 is 5.91 Å². The van der Waals surface area contributed by atoms with Crippen LogP contribution in [-0.2, 0) is 6.42 Å². The molecule has 3 aromatic rings. The van der Waals surface area contributed by atoms with E-state index in [-0.39, 0.29) is 5.91 Å². The number of amides is 1. The molecule has 0 atom stereocenters. The molecule has 3 heteroatoms. The highest BCUT2D eigenvalue weighted by Crippen LogP contribution is 2.21. The van der Waals surface area contributed by atoms with E-state index >= 15 is 0 Å². The summed E-state index contributed by atoms with van der Waals surface area (Å²) < 4.78 is 5.73. The minimum absolute atomic E-state index is 0.0562. The average Bonchev–Trinajstić information content (AvgIpc) is 2.67. The first-order valence-corrected chi connectivity index (χ1v) is 8.46. The fourth-order valence-corrected chi connectivity index (χ4v) is 2.54. The molecule has 3 rings (SSSR count). The molecular formula is C22H21NO2. The van der Waals surface area contributed by atoms with Crippen LogP contribution in [0.15, 0.2) is 84.9 Å². The molecule has 0 aliphatic rings. The Morgan fingerprint density at radius 1 is 0.760 bits per heavy atom. The zero-order chi connectivity index (χ0) is 17.3. The van der Waals surface area contributed by atoms with Crippen molar-refractivity contribution in [3.63, 3.8) is 0 Å².